The molecule has 1 fully saturated rings. The minimum absolute atomic E-state index is 0.00635. The Hall–Kier alpha value is -3.54. The fraction of sp³-hybridized carbons (Fsp3) is 0.308. The van der Waals surface area contributed by atoms with Crippen molar-refractivity contribution in [3.05, 3.63) is 88.9 Å². The molecule has 1 atom stereocenters. The number of hydrogen-bond donors (Lipinski definition) is 0. The normalized spacial score (nSPS) is 17.7. The molecule has 6 heteroatoms. The number of carbonyl (C=O) groups is 2. The van der Waals surface area contributed by atoms with Crippen LogP contribution >= 0.6 is 0 Å². The van der Waals surface area contributed by atoms with Crippen LogP contribution in [0.5, 0.6) is 0 Å². The van der Waals surface area contributed by atoms with Gasteiger partial charge in [0.15, 0.2) is 5.82 Å². The fourth-order valence-electron chi connectivity index (χ4n) is 4.69. The molecule has 3 aromatic rings. The molecule has 0 unspecified atom stereocenters. The molecular formula is C26H26N4O2. The maximum absolute atomic E-state index is 13.1. The van der Waals surface area contributed by atoms with Gasteiger partial charge in [-0.2, -0.15) is 0 Å². The van der Waals surface area contributed by atoms with Crippen molar-refractivity contribution in [2.24, 2.45) is 0 Å². The number of hydrogen-bond acceptors (Lipinski definition) is 4. The molecule has 3 heterocycles. The number of fused-ring (bicyclic) bond motifs is 1. The average molecular weight is 427 g/mol. The first kappa shape index (κ1) is 20.4. The van der Waals surface area contributed by atoms with E-state index in [1.807, 2.05) is 60.4 Å². The Morgan fingerprint density at radius 1 is 1.03 bits per heavy atom. The first-order valence-electron chi connectivity index (χ1n) is 11.2. The van der Waals surface area contributed by atoms with E-state index in [1.54, 1.807) is 4.90 Å². The molecule has 2 aliphatic heterocycles. The van der Waals surface area contributed by atoms with E-state index in [4.69, 9.17) is 9.97 Å². The molecule has 32 heavy (non-hydrogen) atoms. The summed E-state index contributed by atoms with van der Waals surface area (Å²) in [6, 6.07) is 19.4. The van der Waals surface area contributed by atoms with Crippen LogP contribution in [0.2, 0.25) is 0 Å². The van der Waals surface area contributed by atoms with Crippen LogP contribution in [-0.2, 0) is 17.6 Å². The molecular weight excluding hydrogens is 400 g/mol. The highest BCUT2D eigenvalue weighted by Gasteiger charge is 2.36. The van der Waals surface area contributed by atoms with E-state index in [1.165, 1.54) is 5.56 Å². The lowest BCUT2D eigenvalue weighted by molar-refractivity contribution is -0.117. The number of benzene rings is 2. The number of aromatic nitrogens is 2. The lowest BCUT2D eigenvalue weighted by Gasteiger charge is -2.25. The molecule has 2 aliphatic rings. The van der Waals surface area contributed by atoms with Crippen molar-refractivity contribution < 1.29 is 9.59 Å². The lowest BCUT2D eigenvalue weighted by atomic mass is 10.1. The summed E-state index contributed by atoms with van der Waals surface area (Å²) in [6.07, 6.45) is 2.86. The first-order chi connectivity index (χ1) is 15.6. The average Bonchev–Trinajstić information content (AvgIpc) is 3.43. The van der Waals surface area contributed by atoms with E-state index in [0.29, 0.717) is 36.7 Å². The van der Waals surface area contributed by atoms with Gasteiger partial charge in [-0.25, -0.2) is 9.97 Å². The third-order valence-corrected chi connectivity index (χ3v) is 6.39. The number of likely N-dealkylation sites (tertiary alicyclic amines) is 1. The highest BCUT2D eigenvalue weighted by molar-refractivity contribution is 6.00. The lowest BCUT2D eigenvalue weighted by Crippen LogP contribution is -2.32. The summed E-state index contributed by atoms with van der Waals surface area (Å²) >= 11 is 0. The number of rotatable bonds is 5. The van der Waals surface area contributed by atoms with Gasteiger partial charge in [-0.3, -0.25) is 14.5 Å². The minimum atomic E-state index is -0.168. The van der Waals surface area contributed by atoms with Gasteiger partial charge in [-0.05, 0) is 43.9 Å². The van der Waals surface area contributed by atoms with Crippen LogP contribution in [0.15, 0.2) is 60.7 Å². The van der Waals surface area contributed by atoms with E-state index in [9.17, 15) is 9.59 Å². The molecule has 1 saturated heterocycles. The van der Waals surface area contributed by atoms with Crippen LogP contribution in [0.1, 0.15) is 51.9 Å². The predicted molar refractivity (Wildman–Crippen MR) is 122 cm³/mol. The van der Waals surface area contributed by atoms with Crippen LogP contribution in [0.4, 0.5) is 5.82 Å². The van der Waals surface area contributed by atoms with E-state index >= 15 is 0 Å². The Labute approximate surface area is 187 Å². The molecule has 1 aromatic heterocycles. The van der Waals surface area contributed by atoms with Crippen LogP contribution in [0.25, 0.3) is 0 Å². The molecule has 0 N–H and O–H groups in total. The first-order valence-corrected chi connectivity index (χ1v) is 11.2. The van der Waals surface area contributed by atoms with Gasteiger partial charge in [0.25, 0.3) is 5.91 Å². The maximum atomic E-state index is 13.1. The molecule has 0 saturated carbocycles. The van der Waals surface area contributed by atoms with E-state index in [-0.39, 0.29) is 17.9 Å². The second-order valence-corrected chi connectivity index (χ2v) is 8.45. The van der Waals surface area contributed by atoms with E-state index < -0.39 is 0 Å². The summed E-state index contributed by atoms with van der Waals surface area (Å²) < 4.78 is 0. The Balaban J connectivity index is 1.42. The van der Waals surface area contributed by atoms with Crippen molar-refractivity contribution in [3.63, 3.8) is 0 Å². The summed E-state index contributed by atoms with van der Waals surface area (Å²) in [7, 11) is 0. The van der Waals surface area contributed by atoms with Crippen molar-refractivity contribution in [2.75, 3.05) is 18.0 Å². The molecule has 2 amide bonds. The second-order valence-electron chi connectivity index (χ2n) is 8.45. The third kappa shape index (κ3) is 3.77. The van der Waals surface area contributed by atoms with Gasteiger partial charge >= 0.3 is 0 Å². The van der Waals surface area contributed by atoms with Gasteiger partial charge < -0.3 is 4.90 Å². The number of aryl methyl sites for hydroxylation is 1. The maximum Gasteiger partial charge on any atom is 0.254 e. The summed E-state index contributed by atoms with van der Waals surface area (Å²) in [4.78, 5) is 39.2. The Morgan fingerprint density at radius 2 is 1.75 bits per heavy atom. The van der Waals surface area contributed by atoms with Crippen molar-refractivity contribution >= 4 is 17.6 Å². The van der Waals surface area contributed by atoms with Crippen molar-refractivity contribution in [2.45, 2.75) is 38.6 Å². The fourth-order valence-corrected chi connectivity index (χ4v) is 4.69. The van der Waals surface area contributed by atoms with Crippen LogP contribution in [0, 0.1) is 6.92 Å². The quantitative estimate of drug-likeness (QED) is 0.621. The SMILES string of the molecule is Cc1nc([C@@H]2CCCN2C(=O)c2ccccc2)nc2c1CC(=O)N2CCc1ccccc1. The minimum Gasteiger partial charge on any atom is -0.328 e. The summed E-state index contributed by atoms with van der Waals surface area (Å²) in [5, 5.41) is 0. The smallest absolute Gasteiger partial charge is 0.254 e. The number of nitrogens with zero attached hydrogens (tertiary/aromatic N) is 4. The Kier molecular flexibility index (Phi) is 5.43. The third-order valence-electron chi connectivity index (χ3n) is 6.39. The number of anilines is 1. The van der Waals surface area contributed by atoms with Crippen molar-refractivity contribution in [1.82, 2.24) is 14.9 Å². The highest BCUT2D eigenvalue weighted by atomic mass is 16.2. The van der Waals surface area contributed by atoms with E-state index in [0.717, 1.165) is 30.5 Å². The molecule has 162 valence electrons. The summed E-state index contributed by atoms with van der Waals surface area (Å²) in [5.74, 6) is 1.43. The summed E-state index contributed by atoms with van der Waals surface area (Å²) in [5.41, 5.74) is 3.61. The predicted octanol–water partition coefficient (Wildman–Crippen LogP) is 3.89. The van der Waals surface area contributed by atoms with Gasteiger partial charge in [0.2, 0.25) is 5.91 Å². The van der Waals surface area contributed by atoms with Gasteiger partial charge in [-0.15, -0.1) is 0 Å². The topological polar surface area (TPSA) is 66.4 Å². The highest BCUT2D eigenvalue weighted by Crippen LogP contribution is 2.35. The van der Waals surface area contributed by atoms with Crippen molar-refractivity contribution in [1.29, 1.82) is 0 Å². The molecule has 6 nitrogen and oxygen atoms in total. The standard InChI is InChI=1S/C26H26N4O2/c1-18-21-17-23(31)30(16-14-19-9-4-2-5-10-19)25(21)28-24(27-18)22-13-8-15-29(22)26(32)20-11-6-3-7-12-20/h2-7,9-12,22H,8,13-17H2,1H3/t22-/m0/s1. The summed E-state index contributed by atoms with van der Waals surface area (Å²) in [6.45, 7) is 3.22. The van der Waals surface area contributed by atoms with Crippen LogP contribution in [-0.4, -0.2) is 39.8 Å². The van der Waals surface area contributed by atoms with Gasteiger partial charge in [0.1, 0.15) is 5.82 Å². The van der Waals surface area contributed by atoms with Gasteiger partial charge in [0, 0.05) is 29.9 Å². The molecule has 0 radical (unpaired) electrons. The second kappa shape index (κ2) is 8.54. The zero-order chi connectivity index (χ0) is 22.1. The molecule has 2 aromatic carbocycles. The van der Waals surface area contributed by atoms with Gasteiger partial charge in [0.05, 0.1) is 12.5 Å². The molecule has 0 aliphatic carbocycles. The van der Waals surface area contributed by atoms with Crippen molar-refractivity contribution in [3.8, 4) is 0 Å². The number of carbonyl (C=O) groups excluding carboxylic acids is 2. The Morgan fingerprint density at radius 3 is 2.50 bits per heavy atom. The molecule has 5 rings (SSSR count). The largest absolute Gasteiger partial charge is 0.328 e. The molecule has 0 spiro atoms. The Bertz CT molecular complexity index is 1150. The van der Waals surface area contributed by atoms with E-state index in [2.05, 4.69) is 12.1 Å². The zero-order valence-corrected chi connectivity index (χ0v) is 18.2. The zero-order valence-electron chi connectivity index (χ0n) is 18.2. The van der Waals surface area contributed by atoms with Crippen LogP contribution in [0.3, 0.4) is 0 Å². The monoisotopic (exact) mass is 426 g/mol. The van der Waals surface area contributed by atoms with Crippen LogP contribution < -0.4 is 4.90 Å². The number of amides is 2. The van der Waals surface area contributed by atoms with Gasteiger partial charge in [-0.1, -0.05) is 48.5 Å². The molecule has 0 bridgehead atoms.